The Balaban J connectivity index is 1.73. The second-order valence-electron chi connectivity index (χ2n) is 4.40. The van der Waals surface area contributed by atoms with Gasteiger partial charge in [0, 0.05) is 0 Å². The smallest absolute Gasteiger partial charge is 0.222 e. The van der Waals surface area contributed by atoms with E-state index in [1.54, 1.807) is 24.4 Å². The summed E-state index contributed by atoms with van der Waals surface area (Å²) in [5.41, 5.74) is 5.38. The number of hydrazone groups is 1. The summed E-state index contributed by atoms with van der Waals surface area (Å²) in [6, 6.07) is 12.8. The van der Waals surface area contributed by atoms with Gasteiger partial charge in [0.1, 0.15) is 0 Å². The molecule has 1 aromatic heterocycles. The van der Waals surface area contributed by atoms with Crippen molar-refractivity contribution < 1.29 is 9.84 Å². The number of para-hydroxylation sites is 2. The zero-order valence-electron chi connectivity index (χ0n) is 11.4. The van der Waals surface area contributed by atoms with Gasteiger partial charge in [-0.1, -0.05) is 12.1 Å². The molecule has 0 amide bonds. The lowest BCUT2D eigenvalue weighted by molar-refractivity contribution is 0.373. The lowest BCUT2D eigenvalue weighted by Gasteiger charge is -2.02. The Bertz CT molecular complexity index is 762. The fraction of sp³-hybridized carbons (Fsp3) is 0.0667. The summed E-state index contributed by atoms with van der Waals surface area (Å²) in [6.45, 7) is 0. The molecule has 3 N–H and O–H groups in total. The van der Waals surface area contributed by atoms with E-state index >= 15 is 0 Å². The molecule has 0 aliphatic rings. The van der Waals surface area contributed by atoms with Crippen LogP contribution in [0.1, 0.15) is 5.56 Å². The van der Waals surface area contributed by atoms with Gasteiger partial charge in [-0.15, -0.1) is 0 Å². The molecule has 0 unspecified atom stereocenters. The number of imidazole rings is 1. The summed E-state index contributed by atoms with van der Waals surface area (Å²) in [5, 5.41) is 13.8. The number of aromatic hydroxyl groups is 1. The SMILES string of the molecule is COc1ccc(/C=N/Nc2nc3ccccc3[nH]2)cc1O. The van der Waals surface area contributed by atoms with Crippen LogP contribution < -0.4 is 10.2 Å². The number of nitrogens with zero attached hydrogens (tertiary/aromatic N) is 2. The third-order valence-electron chi connectivity index (χ3n) is 2.98. The van der Waals surface area contributed by atoms with Crippen LogP contribution in [-0.2, 0) is 0 Å². The van der Waals surface area contributed by atoms with Crippen LogP contribution >= 0.6 is 0 Å². The highest BCUT2D eigenvalue weighted by Gasteiger charge is 2.01. The van der Waals surface area contributed by atoms with Crippen molar-refractivity contribution in [3.63, 3.8) is 0 Å². The predicted octanol–water partition coefficient (Wildman–Crippen LogP) is 2.72. The highest BCUT2D eigenvalue weighted by molar-refractivity contribution is 5.82. The second kappa shape index (κ2) is 5.54. The number of hydrogen-bond acceptors (Lipinski definition) is 5. The number of benzene rings is 2. The Morgan fingerprint density at radius 1 is 1.29 bits per heavy atom. The van der Waals surface area contributed by atoms with E-state index in [1.807, 2.05) is 24.3 Å². The number of H-pyrrole nitrogens is 1. The van der Waals surface area contributed by atoms with Crippen LogP contribution in [0.15, 0.2) is 47.6 Å². The number of phenols is 1. The van der Waals surface area contributed by atoms with Gasteiger partial charge >= 0.3 is 0 Å². The Hall–Kier alpha value is -3.02. The van der Waals surface area contributed by atoms with Crippen molar-refractivity contribution in [3.05, 3.63) is 48.0 Å². The maximum Gasteiger partial charge on any atom is 0.222 e. The molecular weight excluding hydrogens is 268 g/mol. The van der Waals surface area contributed by atoms with E-state index in [0.29, 0.717) is 11.7 Å². The quantitative estimate of drug-likeness (QED) is 0.507. The number of nitrogens with one attached hydrogen (secondary N) is 2. The number of ether oxygens (including phenoxy) is 1. The Labute approximate surface area is 121 Å². The lowest BCUT2D eigenvalue weighted by Crippen LogP contribution is -1.92. The van der Waals surface area contributed by atoms with E-state index < -0.39 is 0 Å². The molecule has 0 atom stereocenters. The average Bonchev–Trinajstić information content (AvgIpc) is 2.90. The molecule has 0 fully saturated rings. The number of hydrogen-bond donors (Lipinski definition) is 3. The minimum Gasteiger partial charge on any atom is -0.504 e. The molecular formula is C15H14N4O2. The standard InChI is InChI=1S/C15H14N4O2/c1-21-14-7-6-10(8-13(14)20)9-16-19-15-17-11-4-2-3-5-12(11)18-15/h2-9,20H,1H3,(H2,17,18,19)/b16-9+. The highest BCUT2D eigenvalue weighted by Crippen LogP contribution is 2.25. The van der Waals surface area contributed by atoms with E-state index in [4.69, 9.17) is 4.74 Å². The maximum absolute atomic E-state index is 9.68. The van der Waals surface area contributed by atoms with Crippen LogP contribution in [0.3, 0.4) is 0 Å². The number of phenolic OH excluding ortho intramolecular Hbond substituents is 1. The molecule has 3 rings (SSSR count). The third kappa shape index (κ3) is 2.79. The number of aromatic amines is 1. The molecule has 3 aromatic rings. The second-order valence-corrected chi connectivity index (χ2v) is 4.40. The van der Waals surface area contributed by atoms with Gasteiger partial charge in [-0.25, -0.2) is 10.4 Å². The van der Waals surface area contributed by atoms with Crippen molar-refractivity contribution in [2.45, 2.75) is 0 Å². The average molecular weight is 282 g/mol. The van der Waals surface area contributed by atoms with E-state index in [9.17, 15) is 5.11 Å². The number of anilines is 1. The predicted molar refractivity (Wildman–Crippen MR) is 82.0 cm³/mol. The van der Waals surface area contributed by atoms with E-state index in [0.717, 1.165) is 16.6 Å². The van der Waals surface area contributed by atoms with Gasteiger partial charge in [-0.2, -0.15) is 5.10 Å². The van der Waals surface area contributed by atoms with Gasteiger partial charge in [-0.05, 0) is 35.9 Å². The number of fused-ring (bicyclic) bond motifs is 1. The van der Waals surface area contributed by atoms with E-state index in [1.165, 1.54) is 7.11 Å². The molecule has 6 nitrogen and oxygen atoms in total. The first-order valence-electron chi connectivity index (χ1n) is 6.37. The van der Waals surface area contributed by atoms with Crippen LogP contribution in [0, 0.1) is 0 Å². The van der Waals surface area contributed by atoms with E-state index in [2.05, 4.69) is 20.5 Å². The van der Waals surface area contributed by atoms with Crippen molar-refractivity contribution in [1.82, 2.24) is 9.97 Å². The maximum atomic E-state index is 9.68. The zero-order valence-corrected chi connectivity index (χ0v) is 11.4. The van der Waals surface area contributed by atoms with Gasteiger partial charge < -0.3 is 14.8 Å². The lowest BCUT2D eigenvalue weighted by atomic mass is 10.2. The molecule has 1 heterocycles. The highest BCUT2D eigenvalue weighted by atomic mass is 16.5. The number of aromatic nitrogens is 2. The fourth-order valence-corrected chi connectivity index (χ4v) is 1.96. The van der Waals surface area contributed by atoms with E-state index in [-0.39, 0.29) is 5.75 Å². The molecule has 0 aliphatic heterocycles. The molecule has 0 radical (unpaired) electrons. The Kier molecular flexibility index (Phi) is 3.42. The summed E-state index contributed by atoms with van der Waals surface area (Å²) >= 11 is 0. The van der Waals surface area contributed by atoms with Gasteiger partial charge in [0.15, 0.2) is 11.5 Å². The van der Waals surface area contributed by atoms with Crippen LogP contribution in [-0.4, -0.2) is 28.4 Å². The molecule has 2 aromatic carbocycles. The first-order valence-corrected chi connectivity index (χ1v) is 6.37. The minimum atomic E-state index is 0.0742. The zero-order chi connectivity index (χ0) is 14.7. The molecule has 106 valence electrons. The number of methoxy groups -OCH3 is 1. The van der Waals surface area contributed by atoms with Crippen LogP contribution in [0.4, 0.5) is 5.95 Å². The number of rotatable bonds is 4. The van der Waals surface area contributed by atoms with Gasteiger partial charge in [0.2, 0.25) is 5.95 Å². The molecule has 0 spiro atoms. The molecule has 21 heavy (non-hydrogen) atoms. The topological polar surface area (TPSA) is 82.5 Å². The first-order chi connectivity index (χ1) is 10.3. The Morgan fingerprint density at radius 3 is 2.90 bits per heavy atom. The monoisotopic (exact) mass is 282 g/mol. The van der Waals surface area contributed by atoms with Crippen molar-refractivity contribution in [2.24, 2.45) is 5.10 Å². The molecule has 0 bridgehead atoms. The van der Waals surface area contributed by atoms with Gasteiger partial charge in [-0.3, -0.25) is 0 Å². The molecule has 0 aliphatic carbocycles. The summed E-state index contributed by atoms with van der Waals surface area (Å²) in [6.07, 6.45) is 1.59. The largest absolute Gasteiger partial charge is 0.504 e. The molecule has 0 saturated heterocycles. The van der Waals surface area contributed by atoms with Crippen molar-refractivity contribution in [1.29, 1.82) is 0 Å². The van der Waals surface area contributed by atoms with Crippen LogP contribution in [0.5, 0.6) is 11.5 Å². The minimum absolute atomic E-state index is 0.0742. The van der Waals surface area contributed by atoms with Gasteiger partial charge in [0.05, 0.1) is 24.4 Å². The fourth-order valence-electron chi connectivity index (χ4n) is 1.96. The summed E-state index contributed by atoms with van der Waals surface area (Å²) < 4.78 is 4.98. The Morgan fingerprint density at radius 2 is 2.14 bits per heavy atom. The summed E-state index contributed by atoms with van der Waals surface area (Å²) in [7, 11) is 1.51. The molecule has 0 saturated carbocycles. The summed E-state index contributed by atoms with van der Waals surface area (Å²) in [4.78, 5) is 7.45. The normalized spacial score (nSPS) is 11.1. The molecule has 6 heteroatoms. The van der Waals surface area contributed by atoms with Gasteiger partial charge in [0.25, 0.3) is 0 Å². The van der Waals surface area contributed by atoms with Crippen molar-refractivity contribution in [3.8, 4) is 11.5 Å². The van der Waals surface area contributed by atoms with Crippen LogP contribution in [0.2, 0.25) is 0 Å². The van der Waals surface area contributed by atoms with Crippen LogP contribution in [0.25, 0.3) is 11.0 Å². The first kappa shape index (κ1) is 13.0. The van der Waals surface area contributed by atoms with Crippen molar-refractivity contribution >= 4 is 23.2 Å². The van der Waals surface area contributed by atoms with Crippen molar-refractivity contribution in [2.75, 3.05) is 12.5 Å². The third-order valence-corrected chi connectivity index (χ3v) is 2.98. The summed E-state index contributed by atoms with van der Waals surface area (Å²) in [5.74, 6) is 1.06.